The molecule has 0 aliphatic carbocycles. The van der Waals surface area contributed by atoms with Gasteiger partial charge >= 0.3 is 5.97 Å². The number of carbonyl (C=O) groups excluding carboxylic acids is 2. The van der Waals surface area contributed by atoms with Gasteiger partial charge in [0.2, 0.25) is 5.91 Å². The van der Waals surface area contributed by atoms with E-state index in [0.717, 1.165) is 0 Å². The molecule has 0 radical (unpaired) electrons. The van der Waals surface area contributed by atoms with Gasteiger partial charge < -0.3 is 15.4 Å². The van der Waals surface area contributed by atoms with Gasteiger partial charge in [-0.3, -0.25) is 9.59 Å². The Hall–Kier alpha value is -1.10. The van der Waals surface area contributed by atoms with Crippen LogP contribution in [0.15, 0.2) is 0 Å². The number of esters is 1. The van der Waals surface area contributed by atoms with E-state index < -0.39 is 0 Å². The molecule has 0 aliphatic rings. The van der Waals surface area contributed by atoms with Gasteiger partial charge in [0, 0.05) is 12.6 Å². The Bertz CT molecular complexity index is 205. The molecule has 5 heteroatoms. The summed E-state index contributed by atoms with van der Waals surface area (Å²) in [7, 11) is 0. The van der Waals surface area contributed by atoms with Crippen molar-refractivity contribution in [2.75, 3.05) is 19.7 Å². The first-order chi connectivity index (χ1) is 7.06. The maximum absolute atomic E-state index is 11.2. The lowest BCUT2D eigenvalue weighted by atomic mass is 10.4. The Kier molecular flexibility index (Phi) is 7.62. The summed E-state index contributed by atoms with van der Waals surface area (Å²) in [6.45, 7) is 6.67. The average molecular weight is 216 g/mol. The van der Waals surface area contributed by atoms with Crippen LogP contribution in [0.5, 0.6) is 0 Å². The lowest BCUT2D eigenvalue weighted by molar-refractivity contribution is -0.143. The van der Waals surface area contributed by atoms with Crippen molar-refractivity contribution < 1.29 is 14.3 Å². The van der Waals surface area contributed by atoms with E-state index in [1.165, 1.54) is 0 Å². The molecule has 0 aliphatic heterocycles. The maximum atomic E-state index is 11.2. The van der Waals surface area contributed by atoms with Crippen molar-refractivity contribution in [3.05, 3.63) is 0 Å². The van der Waals surface area contributed by atoms with E-state index in [9.17, 15) is 9.59 Å². The first-order valence-electron chi connectivity index (χ1n) is 5.22. The van der Waals surface area contributed by atoms with Crippen LogP contribution in [0.4, 0.5) is 0 Å². The highest BCUT2D eigenvalue weighted by atomic mass is 16.5. The molecular formula is C10H20N2O3. The third kappa shape index (κ3) is 9.21. The summed E-state index contributed by atoms with van der Waals surface area (Å²) in [5.74, 6) is -0.386. The zero-order chi connectivity index (χ0) is 11.7. The highest BCUT2D eigenvalue weighted by molar-refractivity contribution is 5.78. The van der Waals surface area contributed by atoms with Crippen LogP contribution in [0.1, 0.15) is 27.2 Å². The zero-order valence-electron chi connectivity index (χ0n) is 9.63. The van der Waals surface area contributed by atoms with Gasteiger partial charge in [0.25, 0.3) is 0 Å². The van der Waals surface area contributed by atoms with Crippen LogP contribution in [0.3, 0.4) is 0 Å². The summed E-state index contributed by atoms with van der Waals surface area (Å²) in [5, 5.41) is 5.61. The quantitative estimate of drug-likeness (QED) is 0.590. The number of rotatable bonds is 7. The van der Waals surface area contributed by atoms with Crippen LogP contribution >= 0.6 is 0 Å². The second-order valence-corrected chi connectivity index (χ2v) is 3.44. The zero-order valence-corrected chi connectivity index (χ0v) is 9.63. The second kappa shape index (κ2) is 8.23. The Morgan fingerprint density at radius 2 is 2.00 bits per heavy atom. The first-order valence-corrected chi connectivity index (χ1v) is 5.22. The van der Waals surface area contributed by atoms with Gasteiger partial charge in [0.15, 0.2) is 0 Å². The fourth-order valence-corrected chi connectivity index (χ4v) is 0.896. The highest BCUT2D eigenvalue weighted by Gasteiger charge is 2.04. The largest absolute Gasteiger partial charge is 0.466 e. The van der Waals surface area contributed by atoms with Gasteiger partial charge in [0.05, 0.1) is 19.6 Å². The minimum Gasteiger partial charge on any atom is -0.466 e. The predicted octanol–water partition coefficient (Wildman–Crippen LogP) is 0.0538. The van der Waals surface area contributed by atoms with Crippen LogP contribution in [-0.4, -0.2) is 37.6 Å². The Labute approximate surface area is 90.6 Å². The van der Waals surface area contributed by atoms with Gasteiger partial charge in [-0.05, 0) is 6.92 Å². The van der Waals surface area contributed by atoms with Crippen LogP contribution < -0.4 is 10.6 Å². The summed E-state index contributed by atoms with van der Waals surface area (Å²) in [4.78, 5) is 22.1. The van der Waals surface area contributed by atoms with Crippen molar-refractivity contribution in [2.45, 2.75) is 33.2 Å². The number of hydrogen-bond donors (Lipinski definition) is 2. The first kappa shape index (κ1) is 13.9. The van der Waals surface area contributed by atoms with Gasteiger partial charge in [-0.15, -0.1) is 0 Å². The van der Waals surface area contributed by atoms with E-state index >= 15 is 0 Å². The standard InChI is InChI=1S/C10H20N2O3/c1-4-15-10(14)5-6-11-9(13)7-12-8(2)3/h8,12H,4-7H2,1-3H3,(H,11,13). The molecule has 0 fully saturated rings. The van der Waals surface area contributed by atoms with Gasteiger partial charge in [-0.25, -0.2) is 0 Å². The predicted molar refractivity (Wildman–Crippen MR) is 57.4 cm³/mol. The molecule has 5 nitrogen and oxygen atoms in total. The van der Waals surface area contributed by atoms with Crippen molar-refractivity contribution in [1.82, 2.24) is 10.6 Å². The normalized spacial score (nSPS) is 10.1. The second-order valence-electron chi connectivity index (χ2n) is 3.44. The van der Waals surface area contributed by atoms with Crippen molar-refractivity contribution in [3.8, 4) is 0 Å². The molecule has 0 saturated carbocycles. The van der Waals surface area contributed by atoms with Crippen LogP contribution in [0.25, 0.3) is 0 Å². The number of nitrogens with one attached hydrogen (secondary N) is 2. The maximum Gasteiger partial charge on any atom is 0.307 e. The average Bonchev–Trinajstić information content (AvgIpc) is 2.15. The van der Waals surface area contributed by atoms with E-state index in [1.807, 2.05) is 13.8 Å². The molecule has 0 aromatic carbocycles. The molecule has 0 unspecified atom stereocenters. The topological polar surface area (TPSA) is 67.4 Å². The monoisotopic (exact) mass is 216 g/mol. The van der Waals surface area contributed by atoms with Crippen LogP contribution in [0.2, 0.25) is 0 Å². The number of ether oxygens (including phenoxy) is 1. The number of hydrogen-bond acceptors (Lipinski definition) is 4. The summed E-state index contributed by atoms with van der Waals surface area (Å²) < 4.78 is 4.72. The minimum atomic E-state index is -0.283. The molecule has 0 spiro atoms. The Morgan fingerprint density at radius 3 is 2.53 bits per heavy atom. The van der Waals surface area contributed by atoms with Gasteiger partial charge in [0.1, 0.15) is 0 Å². The molecule has 0 heterocycles. The molecule has 88 valence electrons. The van der Waals surface area contributed by atoms with Crippen molar-refractivity contribution >= 4 is 11.9 Å². The number of amides is 1. The lowest BCUT2D eigenvalue weighted by Crippen LogP contribution is -2.37. The molecule has 2 N–H and O–H groups in total. The SMILES string of the molecule is CCOC(=O)CCNC(=O)CNC(C)C. The fraction of sp³-hybridized carbons (Fsp3) is 0.800. The smallest absolute Gasteiger partial charge is 0.307 e. The van der Waals surface area contributed by atoms with Gasteiger partial charge in [-0.2, -0.15) is 0 Å². The summed E-state index contributed by atoms with van der Waals surface area (Å²) in [6.07, 6.45) is 0.223. The molecule has 0 aromatic heterocycles. The Morgan fingerprint density at radius 1 is 1.33 bits per heavy atom. The molecule has 0 rings (SSSR count). The van der Waals surface area contributed by atoms with Crippen molar-refractivity contribution in [1.29, 1.82) is 0 Å². The molecule has 0 aromatic rings. The lowest BCUT2D eigenvalue weighted by Gasteiger charge is -2.08. The van der Waals surface area contributed by atoms with E-state index in [0.29, 0.717) is 13.2 Å². The van der Waals surface area contributed by atoms with Gasteiger partial charge in [-0.1, -0.05) is 13.8 Å². The summed E-state index contributed by atoms with van der Waals surface area (Å²) >= 11 is 0. The molecule has 0 atom stereocenters. The van der Waals surface area contributed by atoms with E-state index in [-0.39, 0.29) is 30.9 Å². The molecule has 0 bridgehead atoms. The highest BCUT2D eigenvalue weighted by Crippen LogP contribution is 1.84. The Balaban J connectivity index is 3.42. The van der Waals surface area contributed by atoms with E-state index in [4.69, 9.17) is 4.74 Å². The van der Waals surface area contributed by atoms with Crippen molar-refractivity contribution in [2.24, 2.45) is 0 Å². The third-order valence-electron chi connectivity index (χ3n) is 1.63. The number of carbonyl (C=O) groups is 2. The van der Waals surface area contributed by atoms with Crippen LogP contribution in [0, 0.1) is 0 Å². The molecule has 1 amide bonds. The van der Waals surface area contributed by atoms with E-state index in [1.54, 1.807) is 6.92 Å². The molecular weight excluding hydrogens is 196 g/mol. The van der Waals surface area contributed by atoms with Crippen LogP contribution in [-0.2, 0) is 14.3 Å². The fourth-order valence-electron chi connectivity index (χ4n) is 0.896. The van der Waals surface area contributed by atoms with E-state index in [2.05, 4.69) is 10.6 Å². The minimum absolute atomic E-state index is 0.104. The van der Waals surface area contributed by atoms with Crippen molar-refractivity contribution in [3.63, 3.8) is 0 Å². The summed E-state index contributed by atoms with van der Waals surface area (Å²) in [6, 6.07) is 0.279. The molecule has 15 heavy (non-hydrogen) atoms. The third-order valence-corrected chi connectivity index (χ3v) is 1.63. The summed E-state index contributed by atoms with van der Waals surface area (Å²) in [5.41, 5.74) is 0. The molecule has 0 saturated heterocycles.